The van der Waals surface area contributed by atoms with Crippen LogP contribution in [-0.2, 0) is 16.0 Å². The Bertz CT molecular complexity index is 762. The fraction of sp³-hybridized carbons (Fsp3) is 0.176. The number of carboxylic acids is 1. The molecule has 1 atom stereocenters. The summed E-state index contributed by atoms with van der Waals surface area (Å²) >= 11 is 6.10. The number of carbonyl (C=O) groups is 2. The quantitative estimate of drug-likeness (QED) is 0.939. The van der Waals surface area contributed by atoms with Gasteiger partial charge in [-0.25, -0.2) is 4.79 Å². The molecule has 1 amide bonds. The summed E-state index contributed by atoms with van der Waals surface area (Å²) < 4.78 is 5.43. The first-order chi connectivity index (χ1) is 11.1. The molecule has 0 aromatic heterocycles. The zero-order chi connectivity index (χ0) is 16.4. The number of anilines is 1. The Morgan fingerprint density at radius 2 is 1.87 bits per heavy atom. The zero-order valence-corrected chi connectivity index (χ0v) is 12.9. The number of hydrogen-bond acceptors (Lipinski definition) is 3. The van der Waals surface area contributed by atoms with Gasteiger partial charge in [-0.3, -0.25) is 4.79 Å². The fourth-order valence-corrected chi connectivity index (χ4v) is 2.70. The summed E-state index contributed by atoms with van der Waals surface area (Å²) in [6.07, 6.45) is -0.986. The molecule has 6 heteroatoms. The molecule has 1 heterocycles. The van der Waals surface area contributed by atoms with Crippen molar-refractivity contribution >= 4 is 29.2 Å². The van der Waals surface area contributed by atoms with E-state index in [9.17, 15) is 14.7 Å². The Kier molecular flexibility index (Phi) is 4.21. The van der Waals surface area contributed by atoms with Gasteiger partial charge in [0.1, 0.15) is 5.75 Å². The van der Waals surface area contributed by atoms with Crippen LogP contribution in [0.2, 0.25) is 5.02 Å². The molecule has 118 valence electrons. The minimum atomic E-state index is -1.10. The van der Waals surface area contributed by atoms with Crippen molar-refractivity contribution in [2.45, 2.75) is 12.5 Å². The summed E-state index contributed by atoms with van der Waals surface area (Å²) in [5, 5.41) is 9.72. The maximum absolute atomic E-state index is 12.7. The van der Waals surface area contributed by atoms with E-state index in [1.165, 1.54) is 4.90 Å². The lowest BCUT2D eigenvalue weighted by Gasteiger charge is -2.33. The van der Waals surface area contributed by atoms with Crippen molar-refractivity contribution in [1.29, 1.82) is 0 Å². The highest BCUT2D eigenvalue weighted by molar-refractivity contribution is 6.31. The second-order valence-corrected chi connectivity index (χ2v) is 5.59. The summed E-state index contributed by atoms with van der Waals surface area (Å²) in [6, 6.07) is 14.0. The summed E-state index contributed by atoms with van der Waals surface area (Å²) in [7, 11) is 0. The van der Waals surface area contributed by atoms with Gasteiger partial charge in [0, 0.05) is 5.02 Å². The molecule has 0 saturated carbocycles. The van der Waals surface area contributed by atoms with E-state index in [1.54, 1.807) is 42.5 Å². The highest BCUT2D eigenvalue weighted by Crippen LogP contribution is 2.33. The fourth-order valence-electron chi connectivity index (χ4n) is 2.50. The molecule has 0 fully saturated rings. The van der Waals surface area contributed by atoms with E-state index in [0.29, 0.717) is 22.0 Å². The second kappa shape index (κ2) is 6.30. The first-order valence-corrected chi connectivity index (χ1v) is 7.46. The third kappa shape index (κ3) is 3.14. The van der Waals surface area contributed by atoms with Crippen molar-refractivity contribution in [3.8, 4) is 5.75 Å². The number of fused-ring (bicyclic) bond motifs is 1. The molecule has 1 N–H and O–H groups in total. The van der Waals surface area contributed by atoms with Crippen LogP contribution in [0.3, 0.4) is 0 Å². The maximum Gasteiger partial charge on any atom is 0.346 e. The number of nitrogens with zero attached hydrogens (tertiary/aromatic N) is 1. The molecular formula is C17H14ClNO4. The van der Waals surface area contributed by atoms with Crippen molar-refractivity contribution < 1.29 is 19.4 Å². The lowest BCUT2D eigenvalue weighted by molar-refractivity contribution is -0.145. The number of ether oxygens (including phenoxy) is 1. The minimum Gasteiger partial charge on any atom is -0.478 e. The molecule has 2 aromatic carbocycles. The van der Waals surface area contributed by atoms with Crippen LogP contribution in [0, 0.1) is 0 Å². The number of benzene rings is 2. The van der Waals surface area contributed by atoms with Crippen molar-refractivity contribution in [2.75, 3.05) is 11.4 Å². The third-order valence-corrected chi connectivity index (χ3v) is 4.02. The van der Waals surface area contributed by atoms with Gasteiger partial charge in [-0.2, -0.15) is 0 Å². The number of carbonyl (C=O) groups excluding carboxylic acids is 1. The van der Waals surface area contributed by atoms with Crippen LogP contribution in [0.25, 0.3) is 0 Å². The van der Waals surface area contributed by atoms with Gasteiger partial charge < -0.3 is 14.7 Å². The van der Waals surface area contributed by atoms with Gasteiger partial charge in [-0.05, 0) is 23.8 Å². The Hall–Kier alpha value is -2.53. The first-order valence-electron chi connectivity index (χ1n) is 7.08. The van der Waals surface area contributed by atoms with E-state index in [0.717, 1.165) is 0 Å². The number of para-hydroxylation sites is 2. The average Bonchev–Trinajstić information content (AvgIpc) is 2.55. The van der Waals surface area contributed by atoms with Gasteiger partial charge in [0.05, 0.1) is 18.7 Å². The Morgan fingerprint density at radius 3 is 2.61 bits per heavy atom. The van der Waals surface area contributed by atoms with Gasteiger partial charge in [0.2, 0.25) is 12.0 Å². The number of rotatable bonds is 3. The molecule has 0 aliphatic carbocycles. The smallest absolute Gasteiger partial charge is 0.346 e. The van der Waals surface area contributed by atoms with E-state index >= 15 is 0 Å². The van der Waals surface area contributed by atoms with E-state index < -0.39 is 12.1 Å². The summed E-state index contributed by atoms with van der Waals surface area (Å²) in [4.78, 5) is 25.4. The lowest BCUT2D eigenvalue weighted by Crippen LogP contribution is -2.47. The highest BCUT2D eigenvalue weighted by atomic mass is 35.5. The van der Waals surface area contributed by atoms with E-state index in [2.05, 4.69) is 0 Å². The molecule has 3 rings (SSSR count). The van der Waals surface area contributed by atoms with E-state index in [-0.39, 0.29) is 18.9 Å². The maximum atomic E-state index is 12.7. The van der Waals surface area contributed by atoms with Crippen LogP contribution < -0.4 is 9.64 Å². The number of carboxylic acid groups (broad SMARTS) is 1. The molecule has 2 aromatic rings. The van der Waals surface area contributed by atoms with Crippen molar-refractivity contribution in [2.24, 2.45) is 0 Å². The van der Waals surface area contributed by atoms with Crippen LogP contribution in [0.15, 0.2) is 48.5 Å². The van der Waals surface area contributed by atoms with Crippen LogP contribution in [0.4, 0.5) is 5.69 Å². The normalized spacial score (nSPS) is 16.4. The van der Waals surface area contributed by atoms with Crippen LogP contribution >= 0.6 is 11.6 Å². The van der Waals surface area contributed by atoms with Crippen LogP contribution in [-0.4, -0.2) is 29.6 Å². The topological polar surface area (TPSA) is 66.8 Å². The number of aliphatic carboxylic acids is 1. The zero-order valence-electron chi connectivity index (χ0n) is 12.1. The largest absolute Gasteiger partial charge is 0.478 e. The lowest BCUT2D eigenvalue weighted by atomic mass is 10.1. The van der Waals surface area contributed by atoms with Crippen LogP contribution in [0.5, 0.6) is 5.75 Å². The Labute approximate surface area is 138 Å². The number of hydrogen-bond donors (Lipinski definition) is 1. The van der Waals surface area contributed by atoms with Gasteiger partial charge in [-0.1, -0.05) is 41.9 Å². The standard InChI is InChI=1S/C17H14ClNO4/c18-12-6-2-1-5-11(12)9-16(20)19-10-15(17(21)22)23-14-8-4-3-7-13(14)19/h1-8,15H,9-10H2,(H,21,22)/t15-/m1/s1. The van der Waals surface area contributed by atoms with Gasteiger partial charge in [0.25, 0.3) is 0 Å². The predicted molar refractivity (Wildman–Crippen MR) is 86.0 cm³/mol. The van der Waals surface area contributed by atoms with Gasteiger partial charge in [0.15, 0.2) is 0 Å². The van der Waals surface area contributed by atoms with Crippen molar-refractivity contribution in [3.05, 3.63) is 59.1 Å². The Morgan fingerprint density at radius 1 is 1.17 bits per heavy atom. The van der Waals surface area contributed by atoms with E-state index in [4.69, 9.17) is 16.3 Å². The number of amides is 1. The third-order valence-electron chi connectivity index (χ3n) is 3.65. The monoisotopic (exact) mass is 331 g/mol. The van der Waals surface area contributed by atoms with Gasteiger partial charge >= 0.3 is 5.97 Å². The number of halogens is 1. The molecule has 1 aliphatic heterocycles. The summed E-state index contributed by atoms with van der Waals surface area (Å²) in [6.45, 7) is -0.0321. The predicted octanol–water partition coefficient (Wildman–Crippen LogP) is 2.76. The molecule has 1 aliphatic rings. The SMILES string of the molecule is O=C(O)[C@H]1CN(C(=O)Cc2ccccc2Cl)c2ccccc2O1. The molecule has 0 saturated heterocycles. The van der Waals surface area contributed by atoms with E-state index in [1.807, 2.05) is 6.07 Å². The Balaban J connectivity index is 1.90. The van der Waals surface area contributed by atoms with Crippen molar-refractivity contribution in [1.82, 2.24) is 0 Å². The molecule has 0 unspecified atom stereocenters. The van der Waals surface area contributed by atoms with Crippen molar-refractivity contribution in [3.63, 3.8) is 0 Å². The average molecular weight is 332 g/mol. The highest BCUT2D eigenvalue weighted by Gasteiger charge is 2.33. The minimum absolute atomic E-state index is 0.0321. The second-order valence-electron chi connectivity index (χ2n) is 5.18. The molecule has 23 heavy (non-hydrogen) atoms. The first kappa shape index (κ1) is 15.4. The molecule has 0 spiro atoms. The molecule has 0 radical (unpaired) electrons. The van der Waals surface area contributed by atoms with Gasteiger partial charge in [-0.15, -0.1) is 0 Å². The molecular weight excluding hydrogens is 318 g/mol. The molecule has 5 nitrogen and oxygen atoms in total. The summed E-state index contributed by atoms with van der Waals surface area (Å²) in [5.74, 6) is -0.936. The summed E-state index contributed by atoms with van der Waals surface area (Å²) in [5.41, 5.74) is 1.28. The van der Waals surface area contributed by atoms with Crippen LogP contribution in [0.1, 0.15) is 5.56 Å². The molecule has 0 bridgehead atoms.